The third kappa shape index (κ3) is 6.20. The molecule has 37 heavy (non-hydrogen) atoms. The molecule has 1 fully saturated rings. The number of anilines is 1. The SMILES string of the molecule is CCOC(=O)c1sc(Oc2ccc(NC3CC(=O)N(CC)C(=O)N3Cc3ccc(Cl)cc3)cc2)nc1C. The van der Waals surface area contributed by atoms with E-state index in [1.54, 1.807) is 62.1 Å². The molecule has 1 aliphatic heterocycles. The molecule has 0 aliphatic carbocycles. The maximum Gasteiger partial charge on any atom is 0.350 e. The Morgan fingerprint density at radius 1 is 1.14 bits per heavy atom. The number of hydrogen-bond acceptors (Lipinski definition) is 8. The van der Waals surface area contributed by atoms with Gasteiger partial charge in [0, 0.05) is 23.8 Å². The molecule has 3 aromatic rings. The van der Waals surface area contributed by atoms with Crippen molar-refractivity contribution in [1.82, 2.24) is 14.8 Å². The lowest BCUT2D eigenvalue weighted by molar-refractivity contribution is -0.132. The number of halogens is 1. The molecule has 1 aliphatic rings. The first-order valence-electron chi connectivity index (χ1n) is 11.8. The number of carbonyl (C=O) groups excluding carboxylic acids is 3. The summed E-state index contributed by atoms with van der Waals surface area (Å²) >= 11 is 7.12. The summed E-state index contributed by atoms with van der Waals surface area (Å²) in [6.07, 6.45) is -0.389. The second kappa shape index (κ2) is 11.6. The van der Waals surface area contributed by atoms with Crippen molar-refractivity contribution >= 4 is 46.5 Å². The van der Waals surface area contributed by atoms with E-state index < -0.39 is 12.1 Å². The molecule has 3 amide bonds. The minimum absolute atomic E-state index is 0.139. The van der Waals surface area contributed by atoms with Crippen molar-refractivity contribution in [2.45, 2.75) is 39.9 Å². The standard InChI is InChI=1S/C26H27ClN4O5S/c1-4-30-22(32)14-21(31(26(30)34)15-17-6-8-18(27)9-7-17)29-19-10-12-20(13-11-19)36-25-28-16(3)23(37-25)24(33)35-5-2/h6-13,21,29H,4-5,14-15H2,1-3H3. The van der Waals surface area contributed by atoms with Crippen LogP contribution in [0.5, 0.6) is 10.9 Å². The second-order valence-electron chi connectivity index (χ2n) is 8.28. The molecule has 0 radical (unpaired) electrons. The number of aryl methyl sites for hydroxylation is 1. The van der Waals surface area contributed by atoms with Crippen LogP contribution in [0.4, 0.5) is 10.5 Å². The molecule has 1 saturated heterocycles. The van der Waals surface area contributed by atoms with Gasteiger partial charge in [-0.3, -0.25) is 14.6 Å². The zero-order chi connectivity index (χ0) is 26.5. The molecule has 0 saturated carbocycles. The molecule has 0 spiro atoms. The van der Waals surface area contributed by atoms with E-state index in [0.29, 0.717) is 45.3 Å². The Morgan fingerprint density at radius 2 is 1.84 bits per heavy atom. The van der Waals surface area contributed by atoms with Crippen LogP contribution in [0.1, 0.15) is 41.2 Å². The maximum absolute atomic E-state index is 13.1. The van der Waals surface area contributed by atoms with Gasteiger partial charge in [0.15, 0.2) is 0 Å². The number of esters is 1. The lowest BCUT2D eigenvalue weighted by Crippen LogP contribution is -2.58. The molecule has 1 aromatic heterocycles. The fraction of sp³-hybridized carbons (Fsp3) is 0.308. The largest absolute Gasteiger partial charge is 0.462 e. The molecule has 1 unspecified atom stereocenters. The number of thiazole rings is 1. The first kappa shape index (κ1) is 26.4. The van der Waals surface area contributed by atoms with E-state index in [4.69, 9.17) is 21.1 Å². The van der Waals surface area contributed by atoms with Gasteiger partial charge in [-0.1, -0.05) is 35.1 Å². The zero-order valence-corrected chi connectivity index (χ0v) is 22.3. The minimum atomic E-state index is -0.529. The van der Waals surface area contributed by atoms with E-state index in [1.165, 1.54) is 4.90 Å². The summed E-state index contributed by atoms with van der Waals surface area (Å²) in [6.45, 7) is 6.17. The number of nitrogens with zero attached hydrogens (tertiary/aromatic N) is 3. The quantitative estimate of drug-likeness (QED) is 0.347. The number of ether oxygens (including phenoxy) is 2. The van der Waals surface area contributed by atoms with E-state index in [0.717, 1.165) is 16.9 Å². The molecule has 1 atom stereocenters. The van der Waals surface area contributed by atoms with Crippen molar-refractivity contribution in [3.63, 3.8) is 0 Å². The van der Waals surface area contributed by atoms with Crippen molar-refractivity contribution in [2.75, 3.05) is 18.5 Å². The van der Waals surface area contributed by atoms with Gasteiger partial charge in [0.2, 0.25) is 5.91 Å². The van der Waals surface area contributed by atoms with Crippen LogP contribution in [0.25, 0.3) is 0 Å². The van der Waals surface area contributed by atoms with Crippen LogP contribution in [0.2, 0.25) is 5.02 Å². The summed E-state index contributed by atoms with van der Waals surface area (Å²) in [7, 11) is 0. The van der Waals surface area contributed by atoms with E-state index in [1.807, 2.05) is 12.1 Å². The van der Waals surface area contributed by atoms with Crippen LogP contribution in [0.15, 0.2) is 48.5 Å². The van der Waals surface area contributed by atoms with E-state index >= 15 is 0 Å². The van der Waals surface area contributed by atoms with E-state index in [9.17, 15) is 14.4 Å². The highest BCUT2D eigenvalue weighted by Gasteiger charge is 2.38. The van der Waals surface area contributed by atoms with E-state index in [2.05, 4.69) is 10.3 Å². The highest BCUT2D eigenvalue weighted by molar-refractivity contribution is 7.15. The summed E-state index contributed by atoms with van der Waals surface area (Å²) in [5.41, 5.74) is 2.16. The molecule has 0 bridgehead atoms. The average Bonchev–Trinajstić information content (AvgIpc) is 3.24. The third-order valence-corrected chi connectivity index (χ3v) is 7.00. The Morgan fingerprint density at radius 3 is 2.49 bits per heavy atom. The number of amides is 3. The third-order valence-electron chi connectivity index (χ3n) is 5.73. The predicted octanol–water partition coefficient (Wildman–Crippen LogP) is 5.69. The van der Waals surface area contributed by atoms with Gasteiger partial charge in [-0.25, -0.2) is 14.6 Å². The number of benzene rings is 2. The molecule has 2 aromatic carbocycles. The molecule has 194 valence electrons. The monoisotopic (exact) mass is 542 g/mol. The summed E-state index contributed by atoms with van der Waals surface area (Å²) in [5.74, 6) is -0.122. The molecule has 1 N–H and O–H groups in total. The Bertz CT molecular complexity index is 1280. The first-order valence-corrected chi connectivity index (χ1v) is 13.0. The van der Waals surface area contributed by atoms with Gasteiger partial charge in [-0.2, -0.15) is 0 Å². The summed E-state index contributed by atoms with van der Waals surface area (Å²) < 4.78 is 10.9. The van der Waals surface area contributed by atoms with E-state index in [-0.39, 0.29) is 25.0 Å². The van der Waals surface area contributed by atoms with Crippen molar-refractivity contribution in [1.29, 1.82) is 0 Å². The molecular formula is C26H27ClN4O5S. The smallest absolute Gasteiger partial charge is 0.350 e. The number of hydrogen-bond donors (Lipinski definition) is 1. The fourth-order valence-electron chi connectivity index (χ4n) is 3.90. The number of aromatic nitrogens is 1. The van der Waals surface area contributed by atoms with Gasteiger partial charge in [0.1, 0.15) is 16.8 Å². The van der Waals surface area contributed by atoms with Gasteiger partial charge in [-0.05, 0) is 62.7 Å². The van der Waals surface area contributed by atoms with Crippen molar-refractivity contribution < 1.29 is 23.9 Å². The lowest BCUT2D eigenvalue weighted by atomic mass is 10.1. The van der Waals surface area contributed by atoms with Crippen LogP contribution in [-0.2, 0) is 16.1 Å². The van der Waals surface area contributed by atoms with Gasteiger partial charge in [0.25, 0.3) is 5.19 Å². The fourth-order valence-corrected chi connectivity index (χ4v) is 4.86. The zero-order valence-electron chi connectivity index (χ0n) is 20.7. The van der Waals surface area contributed by atoms with Gasteiger partial charge in [-0.15, -0.1) is 0 Å². The molecule has 11 heteroatoms. The predicted molar refractivity (Wildman–Crippen MR) is 141 cm³/mol. The normalized spacial score (nSPS) is 15.6. The Hall–Kier alpha value is -3.63. The molecule has 2 heterocycles. The molecular weight excluding hydrogens is 516 g/mol. The molecule has 4 rings (SSSR count). The Balaban J connectivity index is 1.47. The van der Waals surface area contributed by atoms with Gasteiger partial charge < -0.3 is 14.8 Å². The average molecular weight is 543 g/mol. The van der Waals surface area contributed by atoms with Gasteiger partial charge >= 0.3 is 12.0 Å². The Kier molecular flexibility index (Phi) is 8.30. The van der Waals surface area contributed by atoms with Crippen molar-refractivity contribution in [2.24, 2.45) is 0 Å². The molecule has 9 nitrogen and oxygen atoms in total. The number of carbonyl (C=O) groups is 3. The Labute approximate surface area is 223 Å². The van der Waals surface area contributed by atoms with Crippen molar-refractivity contribution in [3.8, 4) is 10.9 Å². The number of urea groups is 1. The second-order valence-corrected chi connectivity index (χ2v) is 9.68. The lowest BCUT2D eigenvalue weighted by Gasteiger charge is -2.40. The highest BCUT2D eigenvalue weighted by atomic mass is 35.5. The van der Waals surface area contributed by atoms with Crippen LogP contribution in [0.3, 0.4) is 0 Å². The summed E-state index contributed by atoms with van der Waals surface area (Å²) in [6, 6.07) is 14.0. The first-order chi connectivity index (χ1) is 17.8. The number of nitrogens with one attached hydrogen (secondary N) is 1. The van der Waals surface area contributed by atoms with Gasteiger partial charge in [0.05, 0.1) is 18.7 Å². The summed E-state index contributed by atoms with van der Waals surface area (Å²) in [5, 5.41) is 4.25. The topological polar surface area (TPSA) is 101 Å². The highest BCUT2D eigenvalue weighted by Crippen LogP contribution is 2.31. The minimum Gasteiger partial charge on any atom is -0.462 e. The summed E-state index contributed by atoms with van der Waals surface area (Å²) in [4.78, 5) is 45.4. The number of imide groups is 1. The van der Waals surface area contributed by atoms with Crippen LogP contribution >= 0.6 is 22.9 Å². The van der Waals surface area contributed by atoms with Crippen LogP contribution < -0.4 is 10.1 Å². The van der Waals surface area contributed by atoms with Crippen LogP contribution in [-0.4, -0.2) is 52.0 Å². The van der Waals surface area contributed by atoms with Crippen LogP contribution in [0, 0.1) is 6.92 Å². The maximum atomic E-state index is 13.1. The van der Waals surface area contributed by atoms with Crippen molar-refractivity contribution in [3.05, 3.63) is 69.7 Å². The number of rotatable bonds is 9.